The standard InChI is InChI=1S/C11H13N3O3S2/c12-10-3-1-2-4-11(10)18-5-6-19(15,16)14-9-7-13-17-8-9/h1-4,7-8,14H,5-6,12H2. The molecule has 0 aliphatic heterocycles. The molecule has 2 aromatic rings. The maximum atomic E-state index is 11.7. The van der Waals surface area contributed by atoms with Gasteiger partial charge in [0.25, 0.3) is 0 Å². The van der Waals surface area contributed by atoms with Crippen molar-refractivity contribution in [3.63, 3.8) is 0 Å². The van der Waals surface area contributed by atoms with E-state index in [2.05, 4.69) is 14.4 Å². The zero-order valence-electron chi connectivity index (χ0n) is 9.94. The number of rotatable bonds is 6. The normalized spacial score (nSPS) is 11.4. The van der Waals surface area contributed by atoms with Crippen LogP contribution in [0.1, 0.15) is 0 Å². The van der Waals surface area contributed by atoms with Gasteiger partial charge in [0.15, 0.2) is 0 Å². The van der Waals surface area contributed by atoms with E-state index in [-0.39, 0.29) is 5.75 Å². The predicted molar refractivity (Wildman–Crippen MR) is 75.5 cm³/mol. The number of sulfonamides is 1. The Morgan fingerprint density at radius 3 is 2.84 bits per heavy atom. The Bertz CT molecular complexity index is 626. The topological polar surface area (TPSA) is 98.2 Å². The molecule has 2 rings (SSSR count). The van der Waals surface area contributed by atoms with Crippen LogP contribution in [0.5, 0.6) is 0 Å². The predicted octanol–water partition coefficient (Wildman–Crippen LogP) is 1.79. The number of nitrogens with zero attached hydrogens (tertiary/aromatic N) is 1. The van der Waals surface area contributed by atoms with Crippen molar-refractivity contribution in [1.29, 1.82) is 0 Å². The number of nitrogens with one attached hydrogen (secondary N) is 1. The highest BCUT2D eigenvalue weighted by atomic mass is 32.2. The lowest BCUT2D eigenvalue weighted by Crippen LogP contribution is -2.17. The van der Waals surface area contributed by atoms with E-state index in [1.165, 1.54) is 24.2 Å². The highest BCUT2D eigenvalue weighted by molar-refractivity contribution is 8.01. The van der Waals surface area contributed by atoms with Crippen LogP contribution in [0.25, 0.3) is 0 Å². The highest BCUT2D eigenvalue weighted by Gasteiger charge is 2.12. The quantitative estimate of drug-likeness (QED) is 0.623. The number of aromatic nitrogens is 1. The fraction of sp³-hybridized carbons (Fsp3) is 0.182. The van der Waals surface area contributed by atoms with Crippen LogP contribution >= 0.6 is 11.8 Å². The van der Waals surface area contributed by atoms with Crippen LogP contribution in [0, 0.1) is 0 Å². The molecular formula is C11H13N3O3S2. The number of benzene rings is 1. The lowest BCUT2D eigenvalue weighted by Gasteiger charge is -2.06. The average Bonchev–Trinajstić information content (AvgIpc) is 2.83. The Morgan fingerprint density at radius 2 is 2.16 bits per heavy atom. The van der Waals surface area contributed by atoms with Crippen molar-refractivity contribution in [2.75, 3.05) is 22.0 Å². The monoisotopic (exact) mass is 299 g/mol. The Labute approximate surface area is 115 Å². The molecule has 0 fully saturated rings. The summed E-state index contributed by atoms with van der Waals surface area (Å²) < 4.78 is 30.4. The third-order valence-corrected chi connectivity index (χ3v) is 4.87. The van der Waals surface area contributed by atoms with Gasteiger partial charge in [0.2, 0.25) is 10.0 Å². The van der Waals surface area contributed by atoms with Crippen LogP contribution in [0.15, 0.2) is 46.1 Å². The average molecular weight is 299 g/mol. The van der Waals surface area contributed by atoms with Gasteiger partial charge in [-0.05, 0) is 12.1 Å². The zero-order chi connectivity index (χ0) is 13.7. The number of para-hydroxylation sites is 1. The van der Waals surface area contributed by atoms with E-state index in [4.69, 9.17) is 5.73 Å². The van der Waals surface area contributed by atoms with Crippen LogP contribution in [0.2, 0.25) is 0 Å². The van der Waals surface area contributed by atoms with Crippen LogP contribution < -0.4 is 10.5 Å². The lowest BCUT2D eigenvalue weighted by molar-refractivity contribution is 0.420. The molecule has 0 saturated carbocycles. The van der Waals surface area contributed by atoms with Gasteiger partial charge >= 0.3 is 0 Å². The molecule has 1 aromatic heterocycles. The summed E-state index contributed by atoms with van der Waals surface area (Å²) in [5.41, 5.74) is 6.75. The van der Waals surface area contributed by atoms with E-state index in [1.807, 2.05) is 18.2 Å². The van der Waals surface area contributed by atoms with Gasteiger partial charge in [-0.3, -0.25) is 4.72 Å². The largest absolute Gasteiger partial charge is 0.398 e. The number of thioether (sulfide) groups is 1. The van der Waals surface area contributed by atoms with Gasteiger partial charge in [-0.2, -0.15) is 0 Å². The fourth-order valence-electron chi connectivity index (χ4n) is 1.36. The van der Waals surface area contributed by atoms with Crippen molar-refractivity contribution in [2.45, 2.75) is 4.90 Å². The smallest absolute Gasteiger partial charge is 0.233 e. The van der Waals surface area contributed by atoms with Crippen molar-refractivity contribution in [1.82, 2.24) is 5.16 Å². The van der Waals surface area contributed by atoms with E-state index >= 15 is 0 Å². The second kappa shape index (κ2) is 5.98. The van der Waals surface area contributed by atoms with Crippen LogP contribution in [-0.4, -0.2) is 25.1 Å². The molecule has 0 atom stereocenters. The Kier molecular flexibility index (Phi) is 4.33. The summed E-state index contributed by atoms with van der Waals surface area (Å²) in [4.78, 5) is 0.877. The first kappa shape index (κ1) is 13.8. The van der Waals surface area contributed by atoms with Crippen LogP contribution in [-0.2, 0) is 10.0 Å². The summed E-state index contributed by atoms with van der Waals surface area (Å²) in [6, 6.07) is 7.35. The minimum absolute atomic E-state index is 0.0167. The zero-order valence-corrected chi connectivity index (χ0v) is 11.6. The first-order valence-electron chi connectivity index (χ1n) is 5.44. The minimum Gasteiger partial charge on any atom is -0.398 e. The maximum Gasteiger partial charge on any atom is 0.233 e. The first-order valence-corrected chi connectivity index (χ1v) is 8.08. The Balaban J connectivity index is 1.87. The SMILES string of the molecule is Nc1ccccc1SCCS(=O)(=O)Nc1cnoc1. The number of nitrogen functional groups attached to an aromatic ring is 1. The summed E-state index contributed by atoms with van der Waals surface area (Å²) >= 11 is 1.40. The molecule has 0 radical (unpaired) electrons. The molecule has 3 N–H and O–H groups in total. The fourth-order valence-corrected chi connectivity index (χ4v) is 3.76. The van der Waals surface area contributed by atoms with Gasteiger partial charge < -0.3 is 10.3 Å². The summed E-state index contributed by atoms with van der Waals surface area (Å²) in [6.45, 7) is 0. The number of hydrogen-bond donors (Lipinski definition) is 2. The Morgan fingerprint density at radius 1 is 1.37 bits per heavy atom. The lowest BCUT2D eigenvalue weighted by atomic mass is 10.3. The molecule has 0 aliphatic carbocycles. The molecule has 8 heteroatoms. The van der Waals surface area contributed by atoms with E-state index in [0.29, 0.717) is 17.1 Å². The van der Waals surface area contributed by atoms with E-state index in [1.54, 1.807) is 6.07 Å². The minimum atomic E-state index is -3.40. The molecule has 0 aliphatic rings. The van der Waals surface area contributed by atoms with Gasteiger partial charge in [0.1, 0.15) is 12.0 Å². The molecular weight excluding hydrogens is 286 g/mol. The van der Waals surface area contributed by atoms with Crippen molar-refractivity contribution < 1.29 is 12.9 Å². The summed E-state index contributed by atoms with van der Waals surface area (Å²) in [5.74, 6) is 0.395. The van der Waals surface area contributed by atoms with Gasteiger partial charge in [-0.15, -0.1) is 11.8 Å². The van der Waals surface area contributed by atoms with Crippen LogP contribution in [0.3, 0.4) is 0 Å². The molecule has 1 aromatic carbocycles. The summed E-state index contributed by atoms with van der Waals surface area (Å²) in [7, 11) is -3.40. The van der Waals surface area contributed by atoms with E-state index in [9.17, 15) is 8.42 Å². The van der Waals surface area contributed by atoms with Crippen LogP contribution in [0.4, 0.5) is 11.4 Å². The third kappa shape index (κ3) is 4.18. The molecule has 0 bridgehead atoms. The summed E-state index contributed by atoms with van der Waals surface area (Å²) in [6.07, 6.45) is 2.54. The van der Waals surface area contributed by atoms with Gasteiger partial charge in [0, 0.05) is 16.3 Å². The number of anilines is 2. The second-order valence-electron chi connectivity index (χ2n) is 3.72. The maximum absolute atomic E-state index is 11.7. The molecule has 1 heterocycles. The van der Waals surface area contributed by atoms with Gasteiger partial charge in [0.05, 0.1) is 11.9 Å². The first-order chi connectivity index (χ1) is 9.07. The van der Waals surface area contributed by atoms with Crippen molar-refractivity contribution in [3.05, 3.63) is 36.7 Å². The summed E-state index contributed by atoms with van der Waals surface area (Å²) in [5, 5.41) is 3.42. The van der Waals surface area contributed by atoms with Crippen molar-refractivity contribution in [3.8, 4) is 0 Å². The number of hydrogen-bond acceptors (Lipinski definition) is 6. The third-order valence-electron chi connectivity index (χ3n) is 2.23. The highest BCUT2D eigenvalue weighted by Crippen LogP contribution is 2.24. The molecule has 102 valence electrons. The molecule has 6 nitrogen and oxygen atoms in total. The van der Waals surface area contributed by atoms with Crippen molar-refractivity contribution in [2.24, 2.45) is 0 Å². The molecule has 0 amide bonds. The molecule has 0 spiro atoms. The Hall–Kier alpha value is -1.67. The van der Waals surface area contributed by atoms with Gasteiger partial charge in [-0.1, -0.05) is 17.3 Å². The second-order valence-corrected chi connectivity index (χ2v) is 6.70. The molecule has 0 unspecified atom stereocenters. The van der Waals surface area contributed by atoms with E-state index < -0.39 is 10.0 Å². The molecule has 19 heavy (non-hydrogen) atoms. The molecule has 0 saturated heterocycles. The number of nitrogens with two attached hydrogens (primary N) is 1. The van der Waals surface area contributed by atoms with Gasteiger partial charge in [-0.25, -0.2) is 8.42 Å². The van der Waals surface area contributed by atoms with E-state index in [0.717, 1.165) is 4.90 Å². The van der Waals surface area contributed by atoms with Crippen molar-refractivity contribution >= 4 is 33.2 Å².